The molecule has 0 saturated carbocycles. The van der Waals surface area contributed by atoms with E-state index in [9.17, 15) is 9.90 Å². The second-order valence-corrected chi connectivity index (χ2v) is 5.35. The zero-order valence-electron chi connectivity index (χ0n) is 12.9. The fourth-order valence-electron chi connectivity index (χ4n) is 2.35. The van der Waals surface area contributed by atoms with Crippen LogP contribution in [0.5, 0.6) is 0 Å². The number of carbonyl (C=O) groups is 1. The number of aromatic nitrogens is 4. The molecule has 1 amide bonds. The smallest absolute Gasteiger partial charge is 0.273 e. The standard InChI is InChI=1S/C16H17N5O2/c1-10(22)9-18-16(23)14-11(2)21(20-19-14)13-7-3-5-12-6-4-8-17-15(12)13/h3-8,10,22H,9H2,1-2H3,(H,18,23). The molecule has 2 aromatic heterocycles. The van der Waals surface area contributed by atoms with Gasteiger partial charge in [-0.25, -0.2) is 4.68 Å². The normalized spacial score (nSPS) is 12.3. The van der Waals surface area contributed by atoms with Crippen LogP contribution in [0, 0.1) is 6.92 Å². The van der Waals surface area contributed by atoms with Crippen LogP contribution >= 0.6 is 0 Å². The van der Waals surface area contributed by atoms with Gasteiger partial charge in [-0.2, -0.15) is 0 Å². The van der Waals surface area contributed by atoms with Crippen molar-refractivity contribution < 1.29 is 9.90 Å². The molecule has 0 spiro atoms. The van der Waals surface area contributed by atoms with E-state index in [1.807, 2.05) is 30.3 Å². The molecule has 7 heteroatoms. The second-order valence-electron chi connectivity index (χ2n) is 5.35. The summed E-state index contributed by atoms with van der Waals surface area (Å²) in [6, 6.07) is 9.60. The molecule has 0 aliphatic carbocycles. The zero-order chi connectivity index (χ0) is 16.4. The van der Waals surface area contributed by atoms with Crippen LogP contribution in [-0.2, 0) is 0 Å². The molecule has 1 aromatic carbocycles. The highest BCUT2D eigenvalue weighted by Crippen LogP contribution is 2.21. The molecule has 0 aliphatic rings. The lowest BCUT2D eigenvalue weighted by atomic mass is 10.2. The predicted molar refractivity (Wildman–Crippen MR) is 85.4 cm³/mol. The zero-order valence-corrected chi connectivity index (χ0v) is 12.9. The van der Waals surface area contributed by atoms with Crippen LogP contribution in [-0.4, -0.2) is 43.6 Å². The molecule has 0 fully saturated rings. The molecule has 2 heterocycles. The highest BCUT2D eigenvalue weighted by atomic mass is 16.3. The minimum Gasteiger partial charge on any atom is -0.392 e. The van der Waals surface area contributed by atoms with Crippen molar-refractivity contribution in [3.05, 3.63) is 47.9 Å². The highest BCUT2D eigenvalue weighted by molar-refractivity contribution is 5.93. The molecule has 1 atom stereocenters. The number of pyridine rings is 1. The summed E-state index contributed by atoms with van der Waals surface area (Å²) in [6.45, 7) is 3.55. The van der Waals surface area contributed by atoms with Crippen molar-refractivity contribution in [1.82, 2.24) is 25.3 Å². The average molecular weight is 311 g/mol. The van der Waals surface area contributed by atoms with Crippen molar-refractivity contribution in [3.63, 3.8) is 0 Å². The molecule has 0 aliphatic heterocycles. The Hall–Kier alpha value is -2.80. The molecule has 1 unspecified atom stereocenters. The first-order valence-corrected chi connectivity index (χ1v) is 7.30. The van der Waals surface area contributed by atoms with Gasteiger partial charge in [-0.1, -0.05) is 23.4 Å². The van der Waals surface area contributed by atoms with Crippen LogP contribution in [0.1, 0.15) is 23.1 Å². The van der Waals surface area contributed by atoms with Gasteiger partial charge in [0.1, 0.15) is 0 Å². The monoisotopic (exact) mass is 311 g/mol. The van der Waals surface area contributed by atoms with Crippen LogP contribution in [0.3, 0.4) is 0 Å². The first kappa shape index (κ1) is 15.1. The third-order valence-corrected chi connectivity index (χ3v) is 3.51. The number of amides is 1. The summed E-state index contributed by atoms with van der Waals surface area (Å²) in [6.07, 6.45) is 1.10. The van der Waals surface area contributed by atoms with Gasteiger partial charge in [-0.15, -0.1) is 5.10 Å². The van der Waals surface area contributed by atoms with E-state index in [-0.39, 0.29) is 18.1 Å². The molecule has 3 aromatic rings. The largest absolute Gasteiger partial charge is 0.392 e. The van der Waals surface area contributed by atoms with E-state index in [2.05, 4.69) is 20.6 Å². The summed E-state index contributed by atoms with van der Waals surface area (Å²) in [5, 5.41) is 20.9. The summed E-state index contributed by atoms with van der Waals surface area (Å²) in [5.41, 5.74) is 2.41. The Bertz CT molecular complexity index is 851. The van der Waals surface area contributed by atoms with E-state index >= 15 is 0 Å². The Morgan fingerprint density at radius 3 is 2.91 bits per heavy atom. The van der Waals surface area contributed by atoms with E-state index in [0.29, 0.717) is 5.69 Å². The maximum atomic E-state index is 12.1. The maximum Gasteiger partial charge on any atom is 0.273 e. The molecule has 118 valence electrons. The van der Waals surface area contributed by atoms with Crippen LogP contribution in [0.25, 0.3) is 16.6 Å². The molecular formula is C16H17N5O2. The summed E-state index contributed by atoms with van der Waals surface area (Å²) in [7, 11) is 0. The van der Waals surface area contributed by atoms with Gasteiger partial charge in [0.2, 0.25) is 0 Å². The minimum absolute atomic E-state index is 0.168. The fourth-order valence-corrected chi connectivity index (χ4v) is 2.35. The van der Waals surface area contributed by atoms with Crippen LogP contribution in [0.15, 0.2) is 36.5 Å². The van der Waals surface area contributed by atoms with Crippen molar-refractivity contribution in [2.75, 3.05) is 6.54 Å². The molecular weight excluding hydrogens is 294 g/mol. The van der Waals surface area contributed by atoms with Crippen molar-refractivity contribution >= 4 is 16.8 Å². The summed E-state index contributed by atoms with van der Waals surface area (Å²) in [5.74, 6) is -0.358. The van der Waals surface area contributed by atoms with E-state index in [1.54, 1.807) is 24.7 Å². The Balaban J connectivity index is 2.00. The molecule has 3 rings (SSSR count). The first-order chi connectivity index (χ1) is 11.1. The van der Waals surface area contributed by atoms with Gasteiger partial charge in [0, 0.05) is 18.1 Å². The number of rotatable bonds is 4. The second kappa shape index (κ2) is 6.13. The number of aliphatic hydroxyl groups is 1. The highest BCUT2D eigenvalue weighted by Gasteiger charge is 2.18. The summed E-state index contributed by atoms with van der Waals surface area (Å²) in [4.78, 5) is 16.5. The predicted octanol–water partition coefficient (Wildman–Crippen LogP) is 1.23. The Kier molecular flexibility index (Phi) is 4.03. The van der Waals surface area contributed by atoms with Crippen molar-refractivity contribution in [2.24, 2.45) is 0 Å². The van der Waals surface area contributed by atoms with Crippen LogP contribution in [0.2, 0.25) is 0 Å². The SMILES string of the molecule is Cc1c(C(=O)NCC(C)O)nnn1-c1cccc2cccnc12. The number of fused-ring (bicyclic) bond motifs is 1. The lowest BCUT2D eigenvalue weighted by Crippen LogP contribution is -2.31. The molecule has 0 radical (unpaired) electrons. The van der Waals surface area contributed by atoms with Crippen LogP contribution < -0.4 is 5.32 Å². The van der Waals surface area contributed by atoms with Crippen molar-refractivity contribution in [3.8, 4) is 5.69 Å². The number of hydrogen-bond donors (Lipinski definition) is 2. The van der Waals surface area contributed by atoms with E-state index < -0.39 is 6.10 Å². The summed E-state index contributed by atoms with van der Waals surface area (Å²) < 4.78 is 1.60. The lowest BCUT2D eigenvalue weighted by Gasteiger charge is -2.08. The van der Waals surface area contributed by atoms with Crippen molar-refractivity contribution in [1.29, 1.82) is 0 Å². The van der Waals surface area contributed by atoms with Crippen LogP contribution in [0.4, 0.5) is 0 Å². The third kappa shape index (κ3) is 2.91. The molecule has 23 heavy (non-hydrogen) atoms. The number of benzene rings is 1. The van der Waals surface area contributed by atoms with Gasteiger partial charge in [-0.05, 0) is 26.0 Å². The van der Waals surface area contributed by atoms with Crippen molar-refractivity contribution in [2.45, 2.75) is 20.0 Å². The third-order valence-electron chi connectivity index (χ3n) is 3.51. The quantitative estimate of drug-likeness (QED) is 0.756. The number of hydrogen-bond acceptors (Lipinski definition) is 5. The van der Waals surface area contributed by atoms with E-state index in [1.165, 1.54) is 0 Å². The Labute approximate surface area is 133 Å². The average Bonchev–Trinajstić information content (AvgIpc) is 2.93. The van der Waals surface area contributed by atoms with Gasteiger partial charge >= 0.3 is 0 Å². The number of nitrogens with one attached hydrogen (secondary N) is 1. The van der Waals surface area contributed by atoms with Gasteiger partial charge in [0.25, 0.3) is 5.91 Å². The molecule has 0 bridgehead atoms. The first-order valence-electron chi connectivity index (χ1n) is 7.30. The van der Waals surface area contributed by atoms with E-state index in [0.717, 1.165) is 16.6 Å². The number of carbonyl (C=O) groups excluding carboxylic acids is 1. The van der Waals surface area contributed by atoms with Gasteiger partial charge in [0.15, 0.2) is 5.69 Å². The van der Waals surface area contributed by atoms with Gasteiger partial charge < -0.3 is 10.4 Å². The van der Waals surface area contributed by atoms with E-state index in [4.69, 9.17) is 0 Å². The fraction of sp³-hybridized carbons (Fsp3) is 0.250. The molecule has 0 saturated heterocycles. The number of para-hydroxylation sites is 1. The lowest BCUT2D eigenvalue weighted by molar-refractivity contribution is 0.0918. The summed E-state index contributed by atoms with van der Waals surface area (Å²) >= 11 is 0. The van der Waals surface area contributed by atoms with Gasteiger partial charge in [-0.3, -0.25) is 9.78 Å². The number of nitrogens with zero attached hydrogens (tertiary/aromatic N) is 4. The Morgan fingerprint density at radius 2 is 2.13 bits per heavy atom. The molecule has 7 nitrogen and oxygen atoms in total. The topological polar surface area (TPSA) is 92.9 Å². The maximum absolute atomic E-state index is 12.1. The number of aliphatic hydroxyl groups excluding tert-OH is 1. The minimum atomic E-state index is -0.614. The van der Waals surface area contributed by atoms with Gasteiger partial charge in [0.05, 0.1) is 23.0 Å². The molecule has 2 N–H and O–H groups in total. The Morgan fingerprint density at radius 1 is 1.35 bits per heavy atom.